The van der Waals surface area contributed by atoms with Crippen LogP contribution in [0.15, 0.2) is 29.3 Å². The molecule has 0 saturated heterocycles. The minimum Gasteiger partial charge on any atom is -0.490 e. The van der Waals surface area contributed by atoms with Crippen molar-refractivity contribution in [3.63, 3.8) is 0 Å². The fourth-order valence-electron chi connectivity index (χ4n) is 1.44. The number of hydrogen-bond donors (Lipinski definition) is 1. The fraction of sp³-hybridized carbons (Fsp3) is 0.429. The van der Waals surface area contributed by atoms with Crippen LogP contribution in [0.2, 0.25) is 0 Å². The van der Waals surface area contributed by atoms with Crippen molar-refractivity contribution in [3.05, 3.63) is 29.3 Å². The number of nitrogens with one attached hydrogen (secondary N) is 1. The first-order valence-electron chi connectivity index (χ1n) is 6.10. The molecule has 0 atom stereocenters. The van der Waals surface area contributed by atoms with Gasteiger partial charge in [-0.3, -0.25) is 0 Å². The van der Waals surface area contributed by atoms with Crippen LogP contribution < -0.4 is 14.8 Å². The van der Waals surface area contributed by atoms with Crippen LogP contribution in [0.5, 0.6) is 11.5 Å². The first kappa shape index (κ1) is 14.7. The zero-order valence-electron chi connectivity index (χ0n) is 11.1. The van der Waals surface area contributed by atoms with Crippen molar-refractivity contribution >= 4 is 17.3 Å². The Hall–Kier alpha value is -1.35. The van der Waals surface area contributed by atoms with Gasteiger partial charge in [0.05, 0.1) is 13.2 Å². The number of benzene rings is 1. The highest BCUT2D eigenvalue weighted by molar-refractivity contribution is 6.25. The van der Waals surface area contributed by atoms with E-state index in [0.717, 1.165) is 22.8 Å². The minimum absolute atomic E-state index is 0.615. The molecule has 0 aromatic heterocycles. The third-order valence-electron chi connectivity index (χ3n) is 2.30. The third kappa shape index (κ3) is 4.49. The summed E-state index contributed by atoms with van der Waals surface area (Å²) in [6.45, 7) is 7.83. The maximum absolute atomic E-state index is 5.62. The van der Waals surface area contributed by atoms with Crippen molar-refractivity contribution in [2.24, 2.45) is 0 Å². The molecule has 0 aliphatic carbocycles. The molecule has 0 aliphatic heterocycles. The summed E-state index contributed by atoms with van der Waals surface area (Å²) in [6.07, 6.45) is 0. The summed E-state index contributed by atoms with van der Waals surface area (Å²) < 4.78 is 11.1. The lowest BCUT2D eigenvalue weighted by molar-refractivity contribution is 0.288. The second-order valence-electron chi connectivity index (χ2n) is 3.84. The largest absolute Gasteiger partial charge is 0.490 e. The molecule has 1 rings (SSSR count). The second kappa shape index (κ2) is 7.88. The van der Waals surface area contributed by atoms with Gasteiger partial charge >= 0.3 is 0 Å². The van der Waals surface area contributed by atoms with Gasteiger partial charge in [0.2, 0.25) is 0 Å². The fourth-order valence-corrected chi connectivity index (χ4v) is 1.52. The van der Waals surface area contributed by atoms with Crippen molar-refractivity contribution < 1.29 is 9.47 Å². The molecule has 1 N–H and O–H groups in total. The summed E-state index contributed by atoms with van der Waals surface area (Å²) in [5, 5.41) is 3.28. The van der Waals surface area contributed by atoms with Crippen LogP contribution in [0.25, 0.3) is 0 Å². The Morgan fingerprint density at radius 3 is 2.50 bits per heavy atom. The van der Waals surface area contributed by atoms with Crippen LogP contribution in [0.1, 0.15) is 20.8 Å². The van der Waals surface area contributed by atoms with Crippen molar-refractivity contribution in [1.82, 2.24) is 0 Å². The van der Waals surface area contributed by atoms with Gasteiger partial charge in [-0.15, -0.1) is 0 Å². The first-order chi connectivity index (χ1) is 8.71. The maximum atomic E-state index is 5.62. The predicted octanol–water partition coefficient (Wildman–Crippen LogP) is 4.04. The molecule has 0 unspecified atom stereocenters. The number of halogens is 1. The molecule has 1 aromatic carbocycles. The molecule has 1 aromatic rings. The van der Waals surface area contributed by atoms with E-state index >= 15 is 0 Å². The summed E-state index contributed by atoms with van der Waals surface area (Å²) in [5.74, 6) is 1.53. The van der Waals surface area contributed by atoms with Gasteiger partial charge in [0.15, 0.2) is 11.5 Å². The van der Waals surface area contributed by atoms with E-state index < -0.39 is 0 Å². The maximum Gasteiger partial charge on any atom is 0.163 e. The van der Waals surface area contributed by atoms with Crippen molar-refractivity contribution in [1.29, 1.82) is 0 Å². The molecule has 18 heavy (non-hydrogen) atoms. The van der Waals surface area contributed by atoms with Gasteiger partial charge in [0, 0.05) is 23.8 Å². The van der Waals surface area contributed by atoms with Crippen molar-refractivity contribution in [3.8, 4) is 11.5 Å². The Balaban J connectivity index is 2.78. The molecule has 0 amide bonds. The van der Waals surface area contributed by atoms with Crippen LogP contribution in [0.3, 0.4) is 0 Å². The average Bonchev–Trinajstić information content (AvgIpc) is 2.39. The number of hydrogen-bond acceptors (Lipinski definition) is 3. The van der Waals surface area contributed by atoms with E-state index in [1.54, 1.807) is 5.54 Å². The van der Waals surface area contributed by atoms with Gasteiger partial charge in [-0.2, -0.15) is 0 Å². The molecule has 4 heteroatoms. The SMILES string of the molecule is CCOc1ccc(NC/C(C)=C/Cl)cc1OCC. The summed E-state index contributed by atoms with van der Waals surface area (Å²) in [5.41, 5.74) is 3.63. The summed E-state index contributed by atoms with van der Waals surface area (Å²) in [7, 11) is 0. The Morgan fingerprint density at radius 2 is 1.89 bits per heavy atom. The summed E-state index contributed by atoms with van der Waals surface area (Å²) in [4.78, 5) is 0. The third-order valence-corrected chi connectivity index (χ3v) is 2.67. The Kier molecular flexibility index (Phi) is 6.44. The molecule has 0 radical (unpaired) electrons. The van der Waals surface area contributed by atoms with Crippen LogP contribution in [-0.4, -0.2) is 19.8 Å². The van der Waals surface area contributed by atoms with E-state index in [1.807, 2.05) is 39.0 Å². The molecule has 0 bridgehead atoms. The molecule has 0 aliphatic rings. The molecule has 100 valence electrons. The van der Waals surface area contributed by atoms with Gasteiger partial charge in [-0.05, 0) is 38.5 Å². The minimum atomic E-state index is 0.615. The van der Waals surface area contributed by atoms with Crippen LogP contribution in [0, 0.1) is 0 Å². The Bertz CT molecular complexity index is 405. The van der Waals surface area contributed by atoms with Crippen LogP contribution in [-0.2, 0) is 0 Å². The van der Waals surface area contributed by atoms with Crippen molar-refractivity contribution in [2.45, 2.75) is 20.8 Å². The molecule has 3 nitrogen and oxygen atoms in total. The highest BCUT2D eigenvalue weighted by atomic mass is 35.5. The number of ether oxygens (including phenoxy) is 2. The lowest BCUT2D eigenvalue weighted by Crippen LogP contribution is -2.04. The topological polar surface area (TPSA) is 30.5 Å². The summed E-state index contributed by atoms with van der Waals surface area (Å²) >= 11 is 5.62. The van der Waals surface area contributed by atoms with Gasteiger partial charge in [-0.1, -0.05) is 11.6 Å². The van der Waals surface area contributed by atoms with E-state index in [-0.39, 0.29) is 0 Å². The van der Waals surface area contributed by atoms with Gasteiger partial charge in [0.1, 0.15) is 0 Å². The molecule has 0 heterocycles. The van der Waals surface area contributed by atoms with E-state index in [2.05, 4.69) is 5.32 Å². The smallest absolute Gasteiger partial charge is 0.163 e. The quantitative estimate of drug-likeness (QED) is 0.810. The Morgan fingerprint density at radius 1 is 1.22 bits per heavy atom. The average molecular weight is 270 g/mol. The molecule has 0 fully saturated rings. The van der Waals surface area contributed by atoms with E-state index in [9.17, 15) is 0 Å². The van der Waals surface area contributed by atoms with E-state index in [0.29, 0.717) is 19.8 Å². The first-order valence-corrected chi connectivity index (χ1v) is 6.54. The molecular formula is C14H20ClNO2. The van der Waals surface area contributed by atoms with E-state index in [4.69, 9.17) is 21.1 Å². The second-order valence-corrected chi connectivity index (χ2v) is 4.05. The highest BCUT2D eigenvalue weighted by Crippen LogP contribution is 2.30. The van der Waals surface area contributed by atoms with E-state index in [1.165, 1.54) is 0 Å². The van der Waals surface area contributed by atoms with Gasteiger partial charge in [0.25, 0.3) is 0 Å². The predicted molar refractivity (Wildman–Crippen MR) is 76.9 cm³/mol. The van der Waals surface area contributed by atoms with Crippen molar-refractivity contribution in [2.75, 3.05) is 25.1 Å². The van der Waals surface area contributed by atoms with Gasteiger partial charge < -0.3 is 14.8 Å². The van der Waals surface area contributed by atoms with Crippen LogP contribution in [0.4, 0.5) is 5.69 Å². The summed E-state index contributed by atoms with van der Waals surface area (Å²) in [6, 6.07) is 5.82. The number of rotatable bonds is 7. The highest BCUT2D eigenvalue weighted by Gasteiger charge is 2.05. The standard InChI is InChI=1S/C14H20ClNO2/c1-4-17-13-7-6-12(8-14(13)18-5-2)16-10-11(3)9-15/h6-9,16H,4-5,10H2,1-3H3/b11-9+. The lowest BCUT2D eigenvalue weighted by Gasteiger charge is -2.13. The zero-order chi connectivity index (χ0) is 13.4. The Labute approximate surface area is 114 Å². The molecular weight excluding hydrogens is 250 g/mol. The molecule has 0 saturated carbocycles. The monoisotopic (exact) mass is 269 g/mol. The van der Waals surface area contributed by atoms with Crippen LogP contribution >= 0.6 is 11.6 Å². The normalized spacial score (nSPS) is 11.2. The van der Waals surface area contributed by atoms with Gasteiger partial charge in [-0.25, -0.2) is 0 Å². The zero-order valence-corrected chi connectivity index (χ0v) is 11.9. The molecule has 0 spiro atoms. The number of anilines is 1. The lowest BCUT2D eigenvalue weighted by atomic mass is 10.2.